The van der Waals surface area contributed by atoms with Gasteiger partial charge in [0.2, 0.25) is 0 Å². The molecule has 0 aliphatic rings. The third-order valence-electron chi connectivity index (χ3n) is 2.58. The molecule has 1 N–H and O–H groups in total. The van der Waals surface area contributed by atoms with Gasteiger partial charge < -0.3 is 14.6 Å². The number of pyridine rings is 1. The summed E-state index contributed by atoms with van der Waals surface area (Å²) in [6.07, 6.45) is 1.65. The lowest BCUT2D eigenvalue weighted by atomic mass is 10.2. The number of hydrogen-bond acceptors (Lipinski definition) is 4. The van der Waals surface area contributed by atoms with Gasteiger partial charge in [0.05, 0.1) is 12.8 Å². The van der Waals surface area contributed by atoms with E-state index in [9.17, 15) is 4.79 Å². The largest absolute Gasteiger partial charge is 0.493 e. The molecular weight excluding hydrogens is 326 g/mol. The van der Waals surface area contributed by atoms with E-state index in [0.29, 0.717) is 11.4 Å². The van der Waals surface area contributed by atoms with Gasteiger partial charge in [-0.15, -0.1) is 0 Å². The number of methoxy groups -OCH3 is 1. The van der Waals surface area contributed by atoms with Crippen LogP contribution in [-0.4, -0.2) is 23.2 Å². The molecule has 2 rings (SSSR count). The highest BCUT2D eigenvalue weighted by Crippen LogP contribution is 2.31. The van der Waals surface area contributed by atoms with Gasteiger partial charge in [0, 0.05) is 10.7 Å². The average molecular weight is 338 g/mol. The molecule has 5 nitrogen and oxygen atoms in total. The van der Waals surface area contributed by atoms with Crippen LogP contribution in [0.25, 0.3) is 0 Å². The summed E-state index contributed by atoms with van der Waals surface area (Å²) in [5.41, 5.74) is 0.747. The van der Waals surface area contributed by atoms with Crippen LogP contribution in [0.3, 0.4) is 0 Å². The second-order valence-electron chi connectivity index (χ2n) is 3.90. The minimum absolute atomic E-state index is 0.0569. The number of carbonyl (C=O) groups is 1. The van der Waals surface area contributed by atoms with Gasteiger partial charge in [0.15, 0.2) is 11.5 Å². The molecule has 1 heterocycles. The van der Waals surface area contributed by atoms with Crippen LogP contribution in [0.2, 0.25) is 0 Å². The quantitative estimate of drug-likeness (QED) is 0.907. The molecular formula is C14H12BrNO4. The van der Waals surface area contributed by atoms with Crippen molar-refractivity contribution in [3.05, 3.63) is 52.3 Å². The van der Waals surface area contributed by atoms with Gasteiger partial charge in [0.25, 0.3) is 0 Å². The summed E-state index contributed by atoms with van der Waals surface area (Å²) in [4.78, 5) is 15.4. The molecule has 6 heteroatoms. The molecule has 0 atom stereocenters. The van der Waals surface area contributed by atoms with Crippen molar-refractivity contribution in [1.82, 2.24) is 4.98 Å². The van der Waals surface area contributed by atoms with E-state index >= 15 is 0 Å². The second-order valence-corrected chi connectivity index (χ2v) is 4.81. The monoisotopic (exact) mass is 337 g/mol. The summed E-state index contributed by atoms with van der Waals surface area (Å²) in [5.74, 6) is -0.489. The minimum atomic E-state index is -1.07. The Bertz CT molecular complexity index is 613. The normalized spacial score (nSPS) is 10.1. The fourth-order valence-corrected chi connectivity index (χ4v) is 1.87. The second kappa shape index (κ2) is 6.38. The van der Waals surface area contributed by atoms with Crippen molar-refractivity contribution in [1.29, 1.82) is 0 Å². The highest BCUT2D eigenvalue weighted by Gasteiger charge is 2.16. The topological polar surface area (TPSA) is 68.7 Å². The van der Waals surface area contributed by atoms with Crippen molar-refractivity contribution in [3.63, 3.8) is 0 Å². The van der Waals surface area contributed by atoms with E-state index in [2.05, 4.69) is 20.9 Å². The van der Waals surface area contributed by atoms with Crippen LogP contribution >= 0.6 is 15.9 Å². The fraction of sp³-hybridized carbons (Fsp3) is 0.143. The van der Waals surface area contributed by atoms with E-state index in [1.54, 1.807) is 24.4 Å². The number of aromatic carboxylic acids is 1. The van der Waals surface area contributed by atoms with Gasteiger partial charge in [-0.1, -0.05) is 6.07 Å². The molecule has 0 fully saturated rings. The zero-order chi connectivity index (χ0) is 14.5. The lowest BCUT2D eigenvalue weighted by Gasteiger charge is -2.12. The summed E-state index contributed by atoms with van der Waals surface area (Å²) in [6.45, 7) is 0.161. The number of rotatable bonds is 5. The van der Waals surface area contributed by atoms with E-state index in [4.69, 9.17) is 14.6 Å². The summed E-state index contributed by atoms with van der Waals surface area (Å²) in [5, 5.41) is 9.16. The maximum atomic E-state index is 11.2. The number of nitrogens with zero attached hydrogens (tertiary/aromatic N) is 1. The third-order valence-corrected chi connectivity index (χ3v) is 3.05. The van der Waals surface area contributed by atoms with Crippen LogP contribution in [0.15, 0.2) is 41.0 Å². The zero-order valence-electron chi connectivity index (χ0n) is 10.7. The molecule has 0 bridgehead atoms. The number of benzene rings is 1. The van der Waals surface area contributed by atoms with Crippen LogP contribution in [0.4, 0.5) is 0 Å². The lowest BCUT2D eigenvalue weighted by molar-refractivity contribution is 0.0690. The summed E-state index contributed by atoms with van der Waals surface area (Å²) < 4.78 is 11.6. The van der Waals surface area contributed by atoms with E-state index < -0.39 is 5.97 Å². The maximum Gasteiger partial charge on any atom is 0.339 e. The molecule has 0 radical (unpaired) electrons. The van der Waals surface area contributed by atoms with Crippen molar-refractivity contribution >= 4 is 21.9 Å². The van der Waals surface area contributed by atoms with Crippen LogP contribution in [0.5, 0.6) is 11.5 Å². The Kier molecular flexibility index (Phi) is 4.57. The molecule has 1 aromatic carbocycles. The zero-order valence-corrected chi connectivity index (χ0v) is 12.3. The molecule has 2 aromatic rings. The number of halogens is 1. The molecule has 0 amide bonds. The molecule has 0 aliphatic carbocycles. The summed E-state index contributed by atoms with van der Waals surface area (Å²) in [7, 11) is 1.46. The van der Waals surface area contributed by atoms with E-state index in [-0.39, 0.29) is 17.9 Å². The Morgan fingerprint density at radius 3 is 2.75 bits per heavy atom. The van der Waals surface area contributed by atoms with Crippen molar-refractivity contribution in [2.45, 2.75) is 6.61 Å². The number of hydrogen-bond donors (Lipinski definition) is 1. The molecule has 0 saturated carbocycles. The first-order valence-electron chi connectivity index (χ1n) is 5.75. The Balaban J connectivity index is 2.23. The third kappa shape index (κ3) is 3.27. The van der Waals surface area contributed by atoms with Crippen LogP contribution in [0, 0.1) is 0 Å². The Labute approximate surface area is 124 Å². The first-order valence-corrected chi connectivity index (χ1v) is 6.54. The number of carboxylic acid groups (broad SMARTS) is 1. The molecule has 1 aromatic heterocycles. The molecule has 0 spiro atoms. The maximum absolute atomic E-state index is 11.2. The Hall–Kier alpha value is -2.08. The Morgan fingerprint density at radius 1 is 1.35 bits per heavy atom. The first kappa shape index (κ1) is 14.3. The van der Waals surface area contributed by atoms with Gasteiger partial charge in [0.1, 0.15) is 12.2 Å². The first-order chi connectivity index (χ1) is 9.61. The highest BCUT2D eigenvalue weighted by atomic mass is 79.9. The minimum Gasteiger partial charge on any atom is -0.493 e. The Morgan fingerprint density at radius 2 is 2.15 bits per heavy atom. The molecule has 0 saturated heterocycles. The molecule has 0 aliphatic heterocycles. The molecule has 0 unspecified atom stereocenters. The van der Waals surface area contributed by atoms with Gasteiger partial charge in [-0.2, -0.15) is 0 Å². The summed E-state index contributed by atoms with van der Waals surface area (Å²) >= 11 is 3.29. The van der Waals surface area contributed by atoms with E-state index in [1.165, 1.54) is 13.2 Å². The van der Waals surface area contributed by atoms with Crippen molar-refractivity contribution < 1.29 is 19.4 Å². The fourth-order valence-electron chi connectivity index (χ4n) is 1.63. The smallest absolute Gasteiger partial charge is 0.339 e. The molecule has 104 valence electrons. The predicted octanol–water partition coefficient (Wildman–Crippen LogP) is 3.13. The van der Waals surface area contributed by atoms with Gasteiger partial charge in [-0.05, 0) is 40.2 Å². The van der Waals surface area contributed by atoms with Crippen molar-refractivity contribution in [2.75, 3.05) is 7.11 Å². The van der Waals surface area contributed by atoms with Crippen LogP contribution in [0.1, 0.15) is 16.1 Å². The number of aromatic nitrogens is 1. The SMILES string of the molecule is COc1cccc(C(=O)O)c1OCc1ccc(Br)cn1. The summed E-state index contributed by atoms with van der Waals surface area (Å²) in [6, 6.07) is 8.35. The standard InChI is InChI=1S/C14H12BrNO4/c1-19-12-4-2-3-11(14(17)18)13(12)20-8-10-6-5-9(15)7-16-10/h2-7H,8H2,1H3,(H,17,18). The number of para-hydroxylation sites is 1. The van der Waals surface area contributed by atoms with E-state index in [0.717, 1.165) is 4.47 Å². The lowest BCUT2D eigenvalue weighted by Crippen LogP contribution is -2.05. The number of ether oxygens (including phenoxy) is 2. The highest BCUT2D eigenvalue weighted by molar-refractivity contribution is 9.10. The number of carboxylic acids is 1. The van der Waals surface area contributed by atoms with Gasteiger partial charge in [-0.3, -0.25) is 4.98 Å². The van der Waals surface area contributed by atoms with Crippen LogP contribution < -0.4 is 9.47 Å². The van der Waals surface area contributed by atoms with Crippen molar-refractivity contribution in [3.8, 4) is 11.5 Å². The van der Waals surface area contributed by atoms with Crippen molar-refractivity contribution in [2.24, 2.45) is 0 Å². The van der Waals surface area contributed by atoms with Gasteiger partial charge >= 0.3 is 5.97 Å². The van der Waals surface area contributed by atoms with E-state index in [1.807, 2.05) is 6.07 Å². The van der Waals surface area contributed by atoms with Crippen LogP contribution in [-0.2, 0) is 6.61 Å². The predicted molar refractivity (Wildman–Crippen MR) is 76.2 cm³/mol. The average Bonchev–Trinajstić information content (AvgIpc) is 2.46. The van der Waals surface area contributed by atoms with Gasteiger partial charge in [-0.25, -0.2) is 4.79 Å². The molecule has 20 heavy (non-hydrogen) atoms.